The highest BCUT2D eigenvalue weighted by atomic mass is 79.9. The Morgan fingerprint density at radius 3 is 2.70 bits per heavy atom. The van der Waals surface area contributed by atoms with Crippen LogP contribution >= 0.6 is 27.7 Å². The number of carbonyl (C=O) groups is 1. The third-order valence-corrected chi connectivity index (χ3v) is 5.39. The molecule has 0 bridgehead atoms. The van der Waals surface area contributed by atoms with Crippen LogP contribution in [0.5, 0.6) is 5.75 Å². The van der Waals surface area contributed by atoms with Gasteiger partial charge in [0.05, 0.1) is 21.2 Å². The quantitative estimate of drug-likeness (QED) is 0.600. The fourth-order valence-corrected chi connectivity index (χ4v) is 3.60. The Balaban J connectivity index is 1.76. The molecule has 3 rings (SSSR count). The van der Waals surface area contributed by atoms with Crippen LogP contribution in [-0.4, -0.2) is 17.2 Å². The third-order valence-electron chi connectivity index (χ3n) is 3.86. The molecule has 1 saturated heterocycles. The predicted molar refractivity (Wildman–Crippen MR) is 112 cm³/mol. The molecule has 1 atom stereocenters. The molecule has 27 heavy (non-hydrogen) atoms. The van der Waals surface area contributed by atoms with Gasteiger partial charge in [-0.1, -0.05) is 13.0 Å². The first-order chi connectivity index (χ1) is 12.9. The zero-order chi connectivity index (χ0) is 19.4. The van der Waals surface area contributed by atoms with Crippen LogP contribution < -0.4 is 10.1 Å². The van der Waals surface area contributed by atoms with Crippen molar-refractivity contribution in [3.05, 3.63) is 63.2 Å². The number of thioether (sulfide) groups is 1. The van der Waals surface area contributed by atoms with E-state index in [1.165, 1.54) is 23.9 Å². The maximum atomic E-state index is 13.0. The molecular formula is C20H18BrFN2O2S. The summed E-state index contributed by atoms with van der Waals surface area (Å²) >= 11 is 4.76. The smallest absolute Gasteiger partial charge is 0.264 e. The van der Waals surface area contributed by atoms with Crippen molar-refractivity contribution in [2.24, 2.45) is 4.99 Å². The predicted octanol–water partition coefficient (Wildman–Crippen LogP) is 5.66. The third kappa shape index (κ3) is 5.20. The van der Waals surface area contributed by atoms with E-state index in [0.29, 0.717) is 15.8 Å². The Labute approximate surface area is 170 Å². The number of carbonyl (C=O) groups excluding carboxylic acids is 1. The number of aliphatic imine (C=N–C) groups is 1. The molecule has 1 aliphatic rings. The first-order valence-corrected chi connectivity index (χ1v) is 10.1. The Kier molecular flexibility index (Phi) is 6.34. The van der Waals surface area contributed by atoms with Crippen LogP contribution in [0, 0.1) is 5.82 Å². The summed E-state index contributed by atoms with van der Waals surface area (Å²) < 4.78 is 19.6. The summed E-state index contributed by atoms with van der Waals surface area (Å²) in [7, 11) is 0. The van der Waals surface area contributed by atoms with Crippen LogP contribution in [0.3, 0.4) is 0 Å². The van der Waals surface area contributed by atoms with Gasteiger partial charge in [-0.3, -0.25) is 4.79 Å². The van der Waals surface area contributed by atoms with Crippen LogP contribution in [-0.2, 0) is 4.79 Å². The van der Waals surface area contributed by atoms with Crippen LogP contribution in [0.15, 0.2) is 56.8 Å². The zero-order valence-corrected chi connectivity index (χ0v) is 17.2. The average Bonchev–Trinajstić information content (AvgIpc) is 2.98. The highest BCUT2D eigenvalue weighted by Gasteiger charge is 2.23. The van der Waals surface area contributed by atoms with E-state index in [0.717, 1.165) is 22.2 Å². The number of rotatable bonds is 5. The maximum absolute atomic E-state index is 13.0. The molecule has 0 aliphatic carbocycles. The van der Waals surface area contributed by atoms with Gasteiger partial charge in [0.2, 0.25) is 0 Å². The lowest BCUT2D eigenvalue weighted by atomic mass is 10.2. The largest absolute Gasteiger partial charge is 0.490 e. The lowest BCUT2D eigenvalue weighted by molar-refractivity contribution is -0.115. The number of ether oxygens (including phenoxy) is 1. The molecule has 7 heteroatoms. The highest BCUT2D eigenvalue weighted by Crippen LogP contribution is 2.31. The van der Waals surface area contributed by atoms with Crippen LogP contribution in [0.1, 0.15) is 25.8 Å². The van der Waals surface area contributed by atoms with Crippen molar-refractivity contribution < 1.29 is 13.9 Å². The molecule has 4 nitrogen and oxygen atoms in total. The van der Waals surface area contributed by atoms with Crippen molar-refractivity contribution >= 4 is 50.5 Å². The molecular weight excluding hydrogens is 431 g/mol. The first kappa shape index (κ1) is 19.6. The number of amides is 1. The van der Waals surface area contributed by atoms with Crippen LogP contribution in [0.25, 0.3) is 6.08 Å². The summed E-state index contributed by atoms with van der Waals surface area (Å²) in [4.78, 5) is 17.1. The Bertz CT molecular complexity index is 913. The van der Waals surface area contributed by atoms with Gasteiger partial charge in [0.25, 0.3) is 5.91 Å². The Morgan fingerprint density at radius 2 is 2.04 bits per heavy atom. The van der Waals surface area contributed by atoms with Gasteiger partial charge < -0.3 is 10.1 Å². The van der Waals surface area contributed by atoms with Gasteiger partial charge in [-0.05, 0) is 89.1 Å². The fourth-order valence-electron chi connectivity index (χ4n) is 2.27. The van der Waals surface area contributed by atoms with Gasteiger partial charge in [-0.15, -0.1) is 0 Å². The first-order valence-electron chi connectivity index (χ1n) is 8.46. The Morgan fingerprint density at radius 1 is 1.30 bits per heavy atom. The van der Waals surface area contributed by atoms with Crippen molar-refractivity contribution in [3.8, 4) is 5.75 Å². The zero-order valence-electron chi connectivity index (χ0n) is 14.8. The molecule has 0 aromatic heterocycles. The second-order valence-electron chi connectivity index (χ2n) is 5.98. The monoisotopic (exact) mass is 448 g/mol. The van der Waals surface area contributed by atoms with Gasteiger partial charge >= 0.3 is 0 Å². The molecule has 1 N–H and O–H groups in total. The van der Waals surface area contributed by atoms with Crippen molar-refractivity contribution in [2.75, 3.05) is 0 Å². The summed E-state index contributed by atoms with van der Waals surface area (Å²) in [6.45, 7) is 4.09. The number of halogens is 2. The molecule has 0 saturated carbocycles. The number of nitrogens with zero attached hydrogens (tertiary/aromatic N) is 1. The van der Waals surface area contributed by atoms with Gasteiger partial charge in [0.1, 0.15) is 11.6 Å². The van der Waals surface area contributed by atoms with Crippen LogP contribution in [0.2, 0.25) is 0 Å². The minimum Gasteiger partial charge on any atom is -0.490 e. The van der Waals surface area contributed by atoms with E-state index in [1.54, 1.807) is 18.2 Å². The van der Waals surface area contributed by atoms with E-state index in [2.05, 4.69) is 33.2 Å². The minimum absolute atomic E-state index is 0.131. The normalized spacial score (nSPS) is 18.0. The fraction of sp³-hybridized carbons (Fsp3) is 0.200. The van der Waals surface area contributed by atoms with Crippen molar-refractivity contribution in [1.82, 2.24) is 5.32 Å². The molecule has 1 fully saturated rings. The SMILES string of the molecule is CC[C@@H](C)Oc1ccc(/C=C2/SC(=Nc3ccc(F)cc3)NC2=O)cc1Br. The average molecular weight is 449 g/mol. The summed E-state index contributed by atoms with van der Waals surface area (Å²) in [5.41, 5.74) is 1.45. The van der Waals surface area contributed by atoms with Crippen molar-refractivity contribution in [1.29, 1.82) is 0 Å². The van der Waals surface area contributed by atoms with Gasteiger partial charge in [0, 0.05) is 0 Å². The molecule has 2 aromatic carbocycles. The number of benzene rings is 2. The standard InChI is InChI=1S/C20H18BrFN2O2S/c1-3-12(2)26-17-9-4-13(10-16(17)21)11-18-19(25)24-20(27-18)23-15-7-5-14(22)6-8-15/h4-12H,3H2,1-2H3,(H,23,24,25)/b18-11+/t12-/m1/s1. The topological polar surface area (TPSA) is 50.7 Å². The molecule has 1 amide bonds. The van der Waals surface area contributed by atoms with Crippen molar-refractivity contribution in [3.63, 3.8) is 0 Å². The maximum Gasteiger partial charge on any atom is 0.264 e. The molecule has 0 spiro atoms. The number of nitrogens with one attached hydrogen (secondary N) is 1. The summed E-state index contributed by atoms with van der Waals surface area (Å²) in [5.74, 6) is 0.236. The van der Waals surface area contributed by atoms with Gasteiger partial charge in [-0.25, -0.2) is 9.38 Å². The molecule has 1 aliphatic heterocycles. The molecule has 0 unspecified atom stereocenters. The van der Waals surface area contributed by atoms with E-state index >= 15 is 0 Å². The number of hydrogen-bond donors (Lipinski definition) is 1. The summed E-state index contributed by atoms with van der Waals surface area (Å²) in [6, 6.07) is 11.5. The molecule has 1 heterocycles. The van der Waals surface area contributed by atoms with E-state index in [1.807, 2.05) is 25.1 Å². The Hall–Kier alpha value is -2.12. The second-order valence-corrected chi connectivity index (χ2v) is 7.87. The minimum atomic E-state index is -0.325. The lowest BCUT2D eigenvalue weighted by Crippen LogP contribution is -2.19. The van der Waals surface area contributed by atoms with Crippen LogP contribution in [0.4, 0.5) is 10.1 Å². The second kappa shape index (κ2) is 8.71. The van der Waals surface area contributed by atoms with E-state index in [4.69, 9.17) is 4.74 Å². The lowest BCUT2D eigenvalue weighted by Gasteiger charge is -2.14. The summed E-state index contributed by atoms with van der Waals surface area (Å²) in [6.07, 6.45) is 2.85. The number of amidine groups is 1. The van der Waals surface area contributed by atoms with E-state index in [-0.39, 0.29) is 17.8 Å². The van der Waals surface area contributed by atoms with Crippen molar-refractivity contribution in [2.45, 2.75) is 26.4 Å². The molecule has 140 valence electrons. The summed E-state index contributed by atoms with van der Waals surface area (Å²) in [5, 5.41) is 3.19. The van der Waals surface area contributed by atoms with Gasteiger partial charge in [-0.2, -0.15) is 0 Å². The number of hydrogen-bond acceptors (Lipinski definition) is 4. The molecule has 2 aromatic rings. The van der Waals surface area contributed by atoms with E-state index < -0.39 is 0 Å². The highest BCUT2D eigenvalue weighted by molar-refractivity contribution is 9.10. The van der Waals surface area contributed by atoms with E-state index in [9.17, 15) is 9.18 Å². The van der Waals surface area contributed by atoms with Gasteiger partial charge in [0.15, 0.2) is 5.17 Å². The molecule has 0 radical (unpaired) electrons.